The Morgan fingerprint density at radius 1 is 1.61 bits per heavy atom. The predicted molar refractivity (Wildman–Crippen MR) is 64.2 cm³/mol. The number of rotatable bonds is 4. The van der Waals surface area contributed by atoms with Crippen LogP contribution in [0.5, 0.6) is 0 Å². The molecule has 0 spiro atoms. The van der Waals surface area contributed by atoms with E-state index in [-0.39, 0.29) is 11.7 Å². The number of benzene rings is 1. The summed E-state index contributed by atoms with van der Waals surface area (Å²) >= 11 is 0. The lowest BCUT2D eigenvalue weighted by atomic mass is 10.2. The average molecular weight is 255 g/mol. The van der Waals surface area contributed by atoms with E-state index >= 15 is 0 Å². The fraction of sp³-hybridized carbons (Fsp3) is 0.455. The zero-order valence-corrected chi connectivity index (χ0v) is 9.69. The van der Waals surface area contributed by atoms with Gasteiger partial charge in [0.05, 0.1) is 24.2 Å². The van der Waals surface area contributed by atoms with Gasteiger partial charge in [0.1, 0.15) is 11.5 Å². The molecule has 18 heavy (non-hydrogen) atoms. The van der Waals surface area contributed by atoms with E-state index in [1.165, 1.54) is 12.1 Å². The van der Waals surface area contributed by atoms with Gasteiger partial charge >= 0.3 is 0 Å². The predicted octanol–water partition coefficient (Wildman–Crippen LogP) is 1.13. The Balaban J connectivity index is 2.01. The van der Waals surface area contributed by atoms with Crippen molar-refractivity contribution in [3.05, 3.63) is 34.1 Å². The first-order valence-corrected chi connectivity index (χ1v) is 5.66. The summed E-state index contributed by atoms with van der Waals surface area (Å²) in [5.74, 6) is -0.619. The van der Waals surface area contributed by atoms with Crippen LogP contribution in [-0.2, 0) is 4.74 Å². The maximum Gasteiger partial charge on any atom is 0.295 e. The standard InChI is InChI=1S/C11H14FN3O3/c12-8-1-2-10(11(5-8)15(16)17)14-6-9-7-18-4-3-13-9/h1-2,5,9,13-14H,3-4,6-7H2. The highest BCUT2D eigenvalue weighted by Crippen LogP contribution is 2.24. The van der Waals surface area contributed by atoms with Crippen LogP contribution >= 0.6 is 0 Å². The van der Waals surface area contributed by atoms with Crippen molar-refractivity contribution in [2.24, 2.45) is 0 Å². The number of hydrogen-bond acceptors (Lipinski definition) is 5. The summed E-state index contributed by atoms with van der Waals surface area (Å²) in [6, 6.07) is 3.58. The van der Waals surface area contributed by atoms with Crippen LogP contribution in [0.15, 0.2) is 18.2 Å². The molecule has 0 saturated carbocycles. The number of nitro groups is 1. The second-order valence-electron chi connectivity index (χ2n) is 4.03. The third-order valence-electron chi connectivity index (χ3n) is 2.69. The van der Waals surface area contributed by atoms with Crippen LogP contribution in [0.2, 0.25) is 0 Å². The third-order valence-corrected chi connectivity index (χ3v) is 2.69. The number of anilines is 1. The van der Waals surface area contributed by atoms with E-state index in [0.29, 0.717) is 25.4 Å². The maximum atomic E-state index is 12.9. The zero-order valence-electron chi connectivity index (χ0n) is 9.69. The molecule has 1 saturated heterocycles. The van der Waals surface area contributed by atoms with Gasteiger partial charge in [-0.15, -0.1) is 0 Å². The molecule has 1 unspecified atom stereocenters. The van der Waals surface area contributed by atoms with Crippen molar-refractivity contribution < 1.29 is 14.1 Å². The van der Waals surface area contributed by atoms with Gasteiger partial charge in [0.2, 0.25) is 0 Å². The summed E-state index contributed by atoms with van der Waals surface area (Å²) in [4.78, 5) is 10.2. The van der Waals surface area contributed by atoms with Crippen molar-refractivity contribution in [1.29, 1.82) is 0 Å². The van der Waals surface area contributed by atoms with Crippen LogP contribution < -0.4 is 10.6 Å². The maximum absolute atomic E-state index is 12.9. The van der Waals surface area contributed by atoms with Crippen molar-refractivity contribution >= 4 is 11.4 Å². The fourth-order valence-corrected chi connectivity index (χ4v) is 1.79. The third kappa shape index (κ3) is 3.14. The summed E-state index contributed by atoms with van der Waals surface area (Å²) in [5, 5.41) is 16.9. The molecule has 1 atom stereocenters. The molecule has 1 aromatic carbocycles. The highest BCUT2D eigenvalue weighted by Gasteiger charge is 2.17. The van der Waals surface area contributed by atoms with Crippen molar-refractivity contribution in [1.82, 2.24) is 5.32 Å². The summed E-state index contributed by atoms with van der Waals surface area (Å²) in [6.45, 7) is 2.49. The Kier molecular flexibility index (Phi) is 4.06. The van der Waals surface area contributed by atoms with Crippen LogP contribution in [0, 0.1) is 15.9 Å². The molecular weight excluding hydrogens is 241 g/mol. The molecule has 2 rings (SSSR count). The Morgan fingerprint density at radius 3 is 3.11 bits per heavy atom. The minimum Gasteiger partial charge on any atom is -0.378 e. The van der Waals surface area contributed by atoms with E-state index in [9.17, 15) is 14.5 Å². The van der Waals surface area contributed by atoms with Crippen molar-refractivity contribution in [3.63, 3.8) is 0 Å². The average Bonchev–Trinajstić information content (AvgIpc) is 2.38. The lowest BCUT2D eigenvalue weighted by Crippen LogP contribution is -2.45. The number of nitro benzene ring substituents is 1. The van der Waals surface area contributed by atoms with Crippen LogP contribution in [0.4, 0.5) is 15.8 Å². The molecule has 0 aromatic heterocycles. The Bertz CT molecular complexity index is 436. The second-order valence-corrected chi connectivity index (χ2v) is 4.03. The molecule has 6 nitrogen and oxygen atoms in total. The monoisotopic (exact) mass is 255 g/mol. The summed E-state index contributed by atoms with van der Waals surface area (Å²) in [6.07, 6.45) is 0. The molecule has 1 aliphatic heterocycles. The number of ether oxygens (including phenoxy) is 1. The molecule has 0 aliphatic carbocycles. The van der Waals surface area contributed by atoms with Gasteiger partial charge in [-0.25, -0.2) is 4.39 Å². The number of hydrogen-bond donors (Lipinski definition) is 2. The van der Waals surface area contributed by atoms with Gasteiger partial charge in [-0.3, -0.25) is 10.1 Å². The molecule has 2 N–H and O–H groups in total. The second kappa shape index (κ2) is 5.74. The van der Waals surface area contributed by atoms with Crippen LogP contribution in [-0.4, -0.2) is 37.3 Å². The van der Waals surface area contributed by atoms with Gasteiger partial charge in [-0.1, -0.05) is 0 Å². The topological polar surface area (TPSA) is 76.4 Å². The fourth-order valence-electron chi connectivity index (χ4n) is 1.79. The van der Waals surface area contributed by atoms with Gasteiger partial charge in [0, 0.05) is 19.1 Å². The van der Waals surface area contributed by atoms with Gasteiger partial charge in [0.25, 0.3) is 5.69 Å². The zero-order chi connectivity index (χ0) is 13.0. The highest BCUT2D eigenvalue weighted by molar-refractivity contribution is 5.61. The molecule has 0 amide bonds. The molecule has 0 bridgehead atoms. The molecule has 1 heterocycles. The van der Waals surface area contributed by atoms with E-state index in [0.717, 1.165) is 12.6 Å². The number of halogens is 1. The van der Waals surface area contributed by atoms with Gasteiger partial charge in [0.15, 0.2) is 0 Å². The largest absolute Gasteiger partial charge is 0.378 e. The molecule has 7 heteroatoms. The minimum atomic E-state index is -0.619. The molecule has 1 aliphatic rings. The molecule has 98 valence electrons. The first kappa shape index (κ1) is 12.7. The highest BCUT2D eigenvalue weighted by atomic mass is 19.1. The van der Waals surface area contributed by atoms with E-state index in [4.69, 9.17) is 4.74 Å². The quantitative estimate of drug-likeness (QED) is 0.623. The molecule has 1 fully saturated rings. The van der Waals surface area contributed by atoms with Gasteiger partial charge < -0.3 is 15.4 Å². The first-order valence-electron chi connectivity index (χ1n) is 5.66. The minimum absolute atomic E-state index is 0.100. The SMILES string of the molecule is O=[N+]([O-])c1cc(F)ccc1NCC1COCCN1. The van der Waals surface area contributed by atoms with Crippen molar-refractivity contribution in [2.45, 2.75) is 6.04 Å². The molecule has 1 aromatic rings. The van der Waals surface area contributed by atoms with Gasteiger partial charge in [-0.2, -0.15) is 0 Å². The smallest absolute Gasteiger partial charge is 0.295 e. The van der Waals surface area contributed by atoms with E-state index in [1.54, 1.807) is 0 Å². The Hall–Kier alpha value is -1.73. The van der Waals surface area contributed by atoms with Gasteiger partial charge in [-0.05, 0) is 12.1 Å². The van der Waals surface area contributed by atoms with Crippen LogP contribution in [0.25, 0.3) is 0 Å². The first-order chi connectivity index (χ1) is 8.66. The normalized spacial score (nSPS) is 19.5. The van der Waals surface area contributed by atoms with Crippen molar-refractivity contribution in [3.8, 4) is 0 Å². The van der Waals surface area contributed by atoms with E-state index in [1.807, 2.05) is 0 Å². The lowest BCUT2D eigenvalue weighted by Gasteiger charge is -2.24. The van der Waals surface area contributed by atoms with E-state index < -0.39 is 10.7 Å². The number of morpholine rings is 1. The Labute approximate surface area is 103 Å². The summed E-state index contributed by atoms with van der Waals surface area (Å²) in [5.41, 5.74) is 0.0560. The molecular formula is C11H14FN3O3. The van der Waals surface area contributed by atoms with Crippen LogP contribution in [0.1, 0.15) is 0 Å². The van der Waals surface area contributed by atoms with Crippen LogP contribution in [0.3, 0.4) is 0 Å². The molecule has 0 radical (unpaired) electrons. The Morgan fingerprint density at radius 2 is 2.44 bits per heavy atom. The number of nitrogens with zero attached hydrogens (tertiary/aromatic N) is 1. The summed E-state index contributed by atoms with van der Waals surface area (Å²) in [7, 11) is 0. The number of nitrogens with one attached hydrogen (secondary N) is 2. The van der Waals surface area contributed by atoms with Crippen molar-refractivity contribution in [2.75, 3.05) is 31.6 Å². The van der Waals surface area contributed by atoms with E-state index in [2.05, 4.69) is 10.6 Å². The summed E-state index contributed by atoms with van der Waals surface area (Å²) < 4.78 is 18.2. The lowest BCUT2D eigenvalue weighted by molar-refractivity contribution is -0.384.